The highest BCUT2D eigenvalue weighted by atomic mass is 32.2. The Hall–Kier alpha value is -0.200. The zero-order valence-corrected chi connectivity index (χ0v) is 7.27. The number of unbranched alkanes of at least 4 members (excludes halogenated alkanes) is 1. The van der Waals surface area contributed by atoms with E-state index < -0.39 is 15.6 Å². The van der Waals surface area contributed by atoms with Gasteiger partial charge in [-0.05, 0) is 12.8 Å². The zero-order valence-electron chi connectivity index (χ0n) is 6.46. The van der Waals surface area contributed by atoms with Crippen molar-refractivity contribution in [2.75, 3.05) is 0 Å². The molecule has 0 aromatic rings. The monoisotopic (exact) mass is 187 g/mol. The molecule has 0 aliphatic rings. The zero-order chi connectivity index (χ0) is 8.20. The van der Waals surface area contributed by atoms with Crippen molar-refractivity contribution >= 4 is 10.1 Å². The van der Waals surface area contributed by atoms with Gasteiger partial charge in [-0.1, -0.05) is 13.3 Å². The van der Waals surface area contributed by atoms with Crippen LogP contribution in [0.3, 0.4) is 0 Å². The second kappa shape index (κ2) is 5.45. The van der Waals surface area contributed by atoms with E-state index in [-0.39, 0.29) is 12.6 Å². The number of halogens is 1. The number of rotatable bonds is 4. The van der Waals surface area contributed by atoms with E-state index in [2.05, 4.69) is 0 Å². The van der Waals surface area contributed by atoms with E-state index in [1.807, 2.05) is 6.92 Å². The van der Waals surface area contributed by atoms with Crippen molar-refractivity contribution in [2.24, 2.45) is 0 Å². The largest absolute Gasteiger partial charge is 0.344 e. The summed E-state index contributed by atoms with van der Waals surface area (Å²) in [6.45, 7) is 1.82. The molecule has 0 aromatic carbocycles. The molecule has 0 rings (SSSR count). The normalized spacial score (nSPS) is 13.7. The molecule has 0 saturated heterocycles. The quantitative estimate of drug-likeness (QED) is 0.653. The van der Waals surface area contributed by atoms with Gasteiger partial charge in [-0.15, -0.1) is 0 Å². The molecule has 0 fully saturated rings. The first-order valence-electron chi connectivity index (χ1n) is 3.09. The minimum absolute atomic E-state index is 0. The van der Waals surface area contributed by atoms with E-state index in [4.69, 9.17) is 4.55 Å². The van der Waals surface area contributed by atoms with Crippen LogP contribution in [-0.2, 0) is 10.1 Å². The number of hydrogen-bond acceptors (Lipinski definition) is 3. The molecule has 70 valence electrons. The molecule has 0 amide bonds. The Morgan fingerprint density at radius 2 is 2.00 bits per heavy atom. The third-order valence-corrected chi connectivity index (χ3v) is 1.99. The first-order valence-corrected chi connectivity index (χ1v) is 4.59. The second-order valence-electron chi connectivity index (χ2n) is 2.07. The summed E-state index contributed by atoms with van der Waals surface area (Å²) in [6, 6.07) is 0. The summed E-state index contributed by atoms with van der Waals surface area (Å²) in [7, 11) is -4.44. The van der Waals surface area contributed by atoms with Crippen LogP contribution < -0.4 is 6.15 Å². The van der Waals surface area contributed by atoms with E-state index in [0.29, 0.717) is 6.42 Å². The lowest BCUT2D eigenvalue weighted by Crippen LogP contribution is -2.14. The third kappa shape index (κ3) is 6.21. The Morgan fingerprint density at radius 1 is 1.55 bits per heavy atom. The smallest absolute Gasteiger partial charge is 0.297 e. The highest BCUT2D eigenvalue weighted by Gasteiger charge is 2.20. The molecule has 4 N–H and O–H groups in total. The standard InChI is InChI=1S/C5H11FO3S.H3N/c1-2-3-4-5(6)10(7,8)9;/h5H,2-4H2,1H3,(H,7,8,9);1H3. The topological polar surface area (TPSA) is 89.4 Å². The van der Waals surface area contributed by atoms with Crippen LogP contribution in [0.2, 0.25) is 0 Å². The molecular weight excluding hydrogens is 173 g/mol. The van der Waals surface area contributed by atoms with Crippen molar-refractivity contribution in [2.45, 2.75) is 31.7 Å². The van der Waals surface area contributed by atoms with E-state index in [1.54, 1.807) is 0 Å². The van der Waals surface area contributed by atoms with Crippen molar-refractivity contribution in [1.29, 1.82) is 0 Å². The maximum Gasteiger partial charge on any atom is 0.297 e. The molecule has 0 saturated carbocycles. The highest BCUT2D eigenvalue weighted by Crippen LogP contribution is 2.09. The number of alkyl halides is 1. The minimum atomic E-state index is -4.44. The van der Waals surface area contributed by atoms with E-state index in [9.17, 15) is 12.8 Å². The lowest BCUT2D eigenvalue weighted by Gasteiger charge is -2.01. The predicted octanol–water partition coefficient (Wildman–Crippen LogP) is 1.52. The van der Waals surface area contributed by atoms with Crippen LogP contribution in [0, 0.1) is 0 Å². The molecule has 0 aliphatic heterocycles. The summed E-state index contributed by atoms with van der Waals surface area (Å²) in [5.41, 5.74) is -2.10. The fourth-order valence-corrected chi connectivity index (χ4v) is 0.978. The SMILES string of the molecule is CCCCC(F)S(=O)(=O)O.N. The molecule has 0 bridgehead atoms. The van der Waals surface area contributed by atoms with Crippen LogP contribution in [0.25, 0.3) is 0 Å². The first kappa shape index (κ1) is 13.4. The van der Waals surface area contributed by atoms with Crippen LogP contribution in [0.4, 0.5) is 4.39 Å². The summed E-state index contributed by atoms with van der Waals surface area (Å²) in [5.74, 6) is 0. The van der Waals surface area contributed by atoms with E-state index in [1.165, 1.54) is 0 Å². The molecule has 6 heteroatoms. The fraction of sp³-hybridized carbons (Fsp3) is 1.00. The Balaban J connectivity index is 0. The average Bonchev–Trinajstić information content (AvgIpc) is 1.80. The summed E-state index contributed by atoms with van der Waals surface area (Å²) in [4.78, 5) is 0. The predicted molar refractivity (Wildman–Crippen MR) is 41.0 cm³/mol. The van der Waals surface area contributed by atoms with Crippen molar-refractivity contribution in [3.8, 4) is 0 Å². The molecule has 1 unspecified atom stereocenters. The third-order valence-electron chi connectivity index (χ3n) is 1.11. The van der Waals surface area contributed by atoms with Crippen molar-refractivity contribution in [3.63, 3.8) is 0 Å². The van der Waals surface area contributed by atoms with Crippen LogP contribution >= 0.6 is 0 Å². The Morgan fingerprint density at radius 3 is 2.27 bits per heavy atom. The summed E-state index contributed by atoms with van der Waals surface area (Å²) in [6.07, 6.45) is 1.08. The molecule has 4 nitrogen and oxygen atoms in total. The van der Waals surface area contributed by atoms with Gasteiger partial charge in [-0.2, -0.15) is 8.42 Å². The lowest BCUT2D eigenvalue weighted by atomic mass is 10.3. The maximum atomic E-state index is 12.3. The van der Waals surface area contributed by atoms with Gasteiger partial charge in [0.15, 0.2) is 0 Å². The van der Waals surface area contributed by atoms with E-state index in [0.717, 1.165) is 6.42 Å². The van der Waals surface area contributed by atoms with Crippen LogP contribution in [0.15, 0.2) is 0 Å². The Labute approximate surface area is 66.1 Å². The Kier molecular flexibility index (Phi) is 6.64. The highest BCUT2D eigenvalue weighted by molar-refractivity contribution is 7.86. The maximum absolute atomic E-state index is 12.3. The van der Waals surface area contributed by atoms with Gasteiger partial charge in [0.2, 0.25) is 5.50 Å². The summed E-state index contributed by atoms with van der Waals surface area (Å²) in [5, 5.41) is 0. The van der Waals surface area contributed by atoms with Crippen LogP contribution in [-0.4, -0.2) is 18.5 Å². The molecular formula is C5H14FNO3S. The molecule has 0 aromatic heterocycles. The molecule has 11 heavy (non-hydrogen) atoms. The molecule has 0 spiro atoms. The lowest BCUT2D eigenvalue weighted by molar-refractivity contribution is 0.353. The van der Waals surface area contributed by atoms with Crippen molar-refractivity contribution in [3.05, 3.63) is 0 Å². The van der Waals surface area contributed by atoms with Gasteiger partial charge in [0.25, 0.3) is 10.1 Å². The van der Waals surface area contributed by atoms with Crippen LogP contribution in [0.5, 0.6) is 0 Å². The molecule has 0 aliphatic carbocycles. The van der Waals surface area contributed by atoms with Crippen LogP contribution in [0.1, 0.15) is 26.2 Å². The van der Waals surface area contributed by atoms with E-state index >= 15 is 0 Å². The van der Waals surface area contributed by atoms with Gasteiger partial charge < -0.3 is 6.15 Å². The molecule has 0 radical (unpaired) electrons. The van der Waals surface area contributed by atoms with Gasteiger partial charge >= 0.3 is 0 Å². The number of hydrogen-bond donors (Lipinski definition) is 2. The molecule has 0 heterocycles. The summed E-state index contributed by atoms with van der Waals surface area (Å²) >= 11 is 0. The van der Waals surface area contributed by atoms with Gasteiger partial charge in [-0.3, -0.25) is 4.55 Å². The van der Waals surface area contributed by atoms with Crippen molar-refractivity contribution in [1.82, 2.24) is 6.15 Å². The fourth-order valence-electron chi connectivity index (χ4n) is 0.514. The Bertz CT molecular complexity index is 180. The first-order chi connectivity index (χ1) is 4.48. The average molecular weight is 187 g/mol. The van der Waals surface area contributed by atoms with Gasteiger partial charge in [-0.25, -0.2) is 4.39 Å². The van der Waals surface area contributed by atoms with Gasteiger partial charge in [0.1, 0.15) is 0 Å². The van der Waals surface area contributed by atoms with Gasteiger partial charge in [0.05, 0.1) is 0 Å². The summed E-state index contributed by atoms with van der Waals surface area (Å²) < 4.78 is 40.4. The second-order valence-corrected chi connectivity index (χ2v) is 3.61. The van der Waals surface area contributed by atoms with Crippen molar-refractivity contribution < 1.29 is 17.4 Å². The van der Waals surface area contributed by atoms with Gasteiger partial charge in [0, 0.05) is 0 Å². The molecule has 1 atom stereocenters. The minimum Gasteiger partial charge on any atom is -0.344 e.